The van der Waals surface area contributed by atoms with Crippen LogP contribution < -0.4 is 5.32 Å². The molecule has 1 aromatic heterocycles. The van der Waals surface area contributed by atoms with Crippen molar-refractivity contribution >= 4 is 40.9 Å². The van der Waals surface area contributed by atoms with Crippen LogP contribution >= 0.6 is 35.0 Å². The third-order valence-electron chi connectivity index (χ3n) is 2.69. The van der Waals surface area contributed by atoms with Gasteiger partial charge in [-0.15, -0.1) is 0 Å². The van der Waals surface area contributed by atoms with Gasteiger partial charge in [0, 0.05) is 12.3 Å². The molecule has 2 rings (SSSR count). The van der Waals surface area contributed by atoms with Gasteiger partial charge in [-0.25, -0.2) is 4.98 Å². The number of carbonyl (C=O) groups excluding carboxylic acids is 1. The number of amides is 1. The van der Waals surface area contributed by atoms with Gasteiger partial charge in [0.2, 0.25) is 0 Å². The maximum atomic E-state index is 11.9. The summed E-state index contributed by atoms with van der Waals surface area (Å²) >= 11 is 13.3. The Labute approximate surface area is 119 Å². The van der Waals surface area contributed by atoms with E-state index in [2.05, 4.69) is 10.3 Å². The molecule has 4 nitrogen and oxygen atoms in total. The molecule has 98 valence electrons. The first-order valence-electron chi connectivity index (χ1n) is 5.41. The lowest BCUT2D eigenvalue weighted by Gasteiger charge is -2.21. The van der Waals surface area contributed by atoms with Crippen molar-refractivity contribution in [3.8, 4) is 0 Å². The second-order valence-electron chi connectivity index (χ2n) is 4.17. The number of thioether (sulfide) groups is 1. The molecule has 0 saturated carbocycles. The quantitative estimate of drug-likeness (QED) is 0.838. The Morgan fingerprint density at radius 1 is 1.56 bits per heavy atom. The Balaban J connectivity index is 2.01. The van der Waals surface area contributed by atoms with Crippen LogP contribution in [0.15, 0.2) is 12.1 Å². The summed E-state index contributed by atoms with van der Waals surface area (Å²) in [5.41, 5.74) is -0.746. The van der Waals surface area contributed by atoms with E-state index in [9.17, 15) is 9.90 Å². The first-order valence-corrected chi connectivity index (χ1v) is 7.32. The van der Waals surface area contributed by atoms with E-state index in [0.29, 0.717) is 12.2 Å². The maximum Gasteiger partial charge on any atom is 0.271 e. The molecule has 1 aromatic rings. The summed E-state index contributed by atoms with van der Waals surface area (Å²) < 4.78 is 0. The molecule has 0 radical (unpaired) electrons. The first-order chi connectivity index (χ1) is 8.50. The minimum atomic E-state index is -0.828. The van der Waals surface area contributed by atoms with E-state index in [1.54, 1.807) is 11.8 Å². The Morgan fingerprint density at radius 2 is 2.33 bits per heavy atom. The molecule has 0 bridgehead atoms. The van der Waals surface area contributed by atoms with Gasteiger partial charge in [0.1, 0.15) is 10.8 Å². The molecule has 0 spiro atoms. The van der Waals surface area contributed by atoms with Gasteiger partial charge >= 0.3 is 0 Å². The van der Waals surface area contributed by atoms with E-state index in [-0.39, 0.29) is 22.4 Å². The van der Waals surface area contributed by atoms with Crippen molar-refractivity contribution in [1.29, 1.82) is 0 Å². The fourth-order valence-electron chi connectivity index (χ4n) is 1.64. The molecule has 7 heteroatoms. The smallest absolute Gasteiger partial charge is 0.271 e. The molecule has 0 aliphatic carbocycles. The van der Waals surface area contributed by atoms with Crippen LogP contribution in [0.4, 0.5) is 0 Å². The topological polar surface area (TPSA) is 62.2 Å². The fourth-order valence-corrected chi connectivity index (χ4v) is 3.28. The summed E-state index contributed by atoms with van der Waals surface area (Å²) in [5, 5.41) is 13.2. The summed E-state index contributed by atoms with van der Waals surface area (Å²) in [6.45, 7) is 0.198. The number of halogens is 2. The standard InChI is InChI=1S/C11H12Cl2N2O2S/c12-7-1-2-8(13)15-9(7)10(16)14-5-11(17)3-4-18-6-11/h1-2,17H,3-6H2,(H,14,16)/t11-/m1/s1. The van der Waals surface area contributed by atoms with Crippen LogP contribution in [0, 0.1) is 0 Å². The van der Waals surface area contributed by atoms with E-state index >= 15 is 0 Å². The van der Waals surface area contributed by atoms with Gasteiger partial charge in [0.15, 0.2) is 0 Å². The van der Waals surface area contributed by atoms with Crippen molar-refractivity contribution in [2.45, 2.75) is 12.0 Å². The van der Waals surface area contributed by atoms with Gasteiger partial charge < -0.3 is 10.4 Å². The number of aromatic nitrogens is 1. The highest BCUT2D eigenvalue weighted by Crippen LogP contribution is 2.27. The molecule has 1 aliphatic rings. The van der Waals surface area contributed by atoms with Gasteiger partial charge in [0.05, 0.1) is 10.6 Å². The highest BCUT2D eigenvalue weighted by atomic mass is 35.5. The SMILES string of the molecule is O=C(NC[C@]1(O)CCSC1)c1nc(Cl)ccc1Cl. The fraction of sp³-hybridized carbons (Fsp3) is 0.455. The summed E-state index contributed by atoms with van der Waals surface area (Å²) in [5.74, 6) is 1.11. The monoisotopic (exact) mass is 306 g/mol. The number of hydrogen-bond acceptors (Lipinski definition) is 4. The average molecular weight is 307 g/mol. The lowest BCUT2D eigenvalue weighted by Crippen LogP contribution is -2.43. The average Bonchev–Trinajstić information content (AvgIpc) is 2.77. The molecule has 18 heavy (non-hydrogen) atoms. The van der Waals surface area contributed by atoms with Crippen LogP contribution in [0.2, 0.25) is 10.2 Å². The highest BCUT2D eigenvalue weighted by molar-refractivity contribution is 7.99. The molecule has 0 unspecified atom stereocenters. The molecular formula is C11H12Cl2N2O2S. The third kappa shape index (κ3) is 3.29. The third-order valence-corrected chi connectivity index (χ3v) is 4.44. The molecule has 2 heterocycles. The van der Waals surface area contributed by atoms with Gasteiger partial charge in [-0.1, -0.05) is 23.2 Å². The van der Waals surface area contributed by atoms with Crippen LogP contribution in [0.3, 0.4) is 0 Å². The van der Waals surface area contributed by atoms with Crippen LogP contribution in [0.1, 0.15) is 16.9 Å². The molecule has 2 N–H and O–H groups in total. The highest BCUT2D eigenvalue weighted by Gasteiger charge is 2.32. The zero-order valence-corrected chi connectivity index (χ0v) is 11.8. The van der Waals surface area contributed by atoms with E-state index < -0.39 is 11.5 Å². The summed E-state index contributed by atoms with van der Waals surface area (Å²) in [6.07, 6.45) is 0.675. The van der Waals surface area contributed by atoms with Gasteiger partial charge in [-0.2, -0.15) is 11.8 Å². The lowest BCUT2D eigenvalue weighted by atomic mass is 10.0. The van der Waals surface area contributed by atoms with Crippen molar-refractivity contribution in [1.82, 2.24) is 10.3 Å². The zero-order valence-electron chi connectivity index (χ0n) is 9.45. The summed E-state index contributed by atoms with van der Waals surface area (Å²) in [4.78, 5) is 15.8. The lowest BCUT2D eigenvalue weighted by molar-refractivity contribution is 0.0611. The normalized spacial score (nSPS) is 23.1. The Morgan fingerprint density at radius 3 is 3.00 bits per heavy atom. The molecular weight excluding hydrogens is 295 g/mol. The minimum Gasteiger partial charge on any atom is -0.387 e. The Kier molecular flexibility index (Phi) is 4.37. The molecule has 0 aromatic carbocycles. The van der Waals surface area contributed by atoms with Crippen molar-refractivity contribution < 1.29 is 9.90 Å². The zero-order chi connectivity index (χ0) is 13.2. The number of nitrogens with zero attached hydrogens (tertiary/aromatic N) is 1. The van der Waals surface area contributed by atoms with Crippen molar-refractivity contribution in [2.75, 3.05) is 18.1 Å². The van der Waals surface area contributed by atoms with Crippen LogP contribution in [-0.4, -0.2) is 39.6 Å². The minimum absolute atomic E-state index is 0.0819. The Bertz CT molecular complexity index is 464. The van der Waals surface area contributed by atoms with Crippen LogP contribution in [0.25, 0.3) is 0 Å². The number of pyridine rings is 1. The van der Waals surface area contributed by atoms with Crippen molar-refractivity contribution in [3.05, 3.63) is 28.0 Å². The molecule has 1 atom stereocenters. The van der Waals surface area contributed by atoms with E-state index in [1.165, 1.54) is 12.1 Å². The molecule has 1 saturated heterocycles. The maximum absolute atomic E-state index is 11.9. The predicted octanol–water partition coefficient (Wildman–Crippen LogP) is 1.99. The molecule has 1 amide bonds. The van der Waals surface area contributed by atoms with E-state index in [1.807, 2.05) is 0 Å². The summed E-state index contributed by atoms with van der Waals surface area (Å²) in [6, 6.07) is 3.04. The number of hydrogen-bond donors (Lipinski definition) is 2. The number of nitrogens with one attached hydrogen (secondary N) is 1. The number of aliphatic hydroxyl groups is 1. The molecule has 1 fully saturated rings. The van der Waals surface area contributed by atoms with Crippen molar-refractivity contribution in [2.24, 2.45) is 0 Å². The predicted molar refractivity (Wildman–Crippen MR) is 73.5 cm³/mol. The van der Waals surface area contributed by atoms with Crippen LogP contribution in [-0.2, 0) is 0 Å². The van der Waals surface area contributed by atoms with Gasteiger partial charge in [-0.05, 0) is 24.3 Å². The van der Waals surface area contributed by atoms with E-state index in [4.69, 9.17) is 23.2 Å². The van der Waals surface area contributed by atoms with E-state index in [0.717, 1.165) is 5.75 Å². The van der Waals surface area contributed by atoms with Crippen LogP contribution in [0.5, 0.6) is 0 Å². The van der Waals surface area contributed by atoms with Gasteiger partial charge in [0.25, 0.3) is 5.91 Å². The molecule has 1 aliphatic heterocycles. The number of carbonyl (C=O) groups is 1. The van der Waals surface area contributed by atoms with Gasteiger partial charge in [-0.3, -0.25) is 4.79 Å². The largest absolute Gasteiger partial charge is 0.387 e. The Hall–Kier alpha value is -0.490. The van der Waals surface area contributed by atoms with Crippen molar-refractivity contribution in [3.63, 3.8) is 0 Å². The summed E-state index contributed by atoms with van der Waals surface area (Å²) in [7, 11) is 0. The number of rotatable bonds is 3. The second kappa shape index (κ2) is 5.65. The second-order valence-corrected chi connectivity index (χ2v) is 6.07. The first kappa shape index (κ1) is 13.9.